The van der Waals surface area contributed by atoms with Crippen molar-refractivity contribution >= 4 is 23.5 Å². The highest BCUT2D eigenvalue weighted by Crippen LogP contribution is 2.33. The number of aromatic nitrogens is 1. The second-order valence-electron chi connectivity index (χ2n) is 6.92. The number of carboxylic acids is 2. The van der Waals surface area contributed by atoms with Crippen molar-refractivity contribution in [3.05, 3.63) is 29.6 Å². The molecule has 8 heteroatoms. The summed E-state index contributed by atoms with van der Waals surface area (Å²) >= 11 is 0. The number of carboxylic acid groups (broad SMARTS) is 2. The number of Topliss-reactive ketones (excluding diaryl/α,β-unsaturated/α-hetero) is 2. The van der Waals surface area contributed by atoms with E-state index in [4.69, 9.17) is 9.84 Å². The van der Waals surface area contributed by atoms with Gasteiger partial charge < -0.3 is 14.9 Å². The second-order valence-corrected chi connectivity index (χ2v) is 6.92. The molecule has 0 radical (unpaired) electrons. The smallest absolute Gasteiger partial charge is 0.325 e. The zero-order valence-corrected chi connectivity index (χ0v) is 15.1. The summed E-state index contributed by atoms with van der Waals surface area (Å²) in [5.74, 6) is -4.11. The van der Waals surface area contributed by atoms with Crippen molar-refractivity contribution < 1.29 is 34.1 Å². The molecular formula is C19H23NO7. The highest BCUT2D eigenvalue weighted by atomic mass is 16.5. The molecule has 0 aliphatic heterocycles. The zero-order chi connectivity index (χ0) is 20.0. The van der Waals surface area contributed by atoms with Crippen molar-refractivity contribution in [2.24, 2.45) is 11.3 Å². The second kappa shape index (κ2) is 8.85. The molecule has 1 aliphatic carbocycles. The molecule has 1 aromatic heterocycles. The first-order valence-corrected chi connectivity index (χ1v) is 8.80. The lowest BCUT2D eigenvalue weighted by atomic mass is 9.73. The third-order valence-electron chi connectivity index (χ3n) is 4.59. The molecule has 1 aromatic rings. The standard InChI is InChI=1S/C19H23NO7/c1-12-7-14(9-20-8-12)17(24)19(18(25)26,6-2-3-16(22)23)15(21)11-27-10-13-4-5-13/h7-9,13H,2-6,10-11H2,1H3,(H,22,23)(H,25,26). The van der Waals surface area contributed by atoms with Gasteiger partial charge in [-0.15, -0.1) is 0 Å². The average Bonchev–Trinajstić information content (AvgIpc) is 3.42. The number of ketones is 2. The van der Waals surface area contributed by atoms with Gasteiger partial charge in [-0.05, 0) is 50.2 Å². The van der Waals surface area contributed by atoms with Crippen molar-refractivity contribution in [3.63, 3.8) is 0 Å². The Kier molecular flexibility index (Phi) is 6.79. The molecule has 1 heterocycles. The maximum Gasteiger partial charge on any atom is 0.325 e. The minimum atomic E-state index is -2.38. The SMILES string of the molecule is Cc1cncc(C(=O)C(CCCC(=O)O)(C(=O)O)C(=O)COCC2CC2)c1. The van der Waals surface area contributed by atoms with E-state index in [9.17, 15) is 24.3 Å². The fourth-order valence-corrected chi connectivity index (χ4v) is 2.86. The Balaban J connectivity index is 2.30. The van der Waals surface area contributed by atoms with E-state index >= 15 is 0 Å². The summed E-state index contributed by atoms with van der Waals surface area (Å²) in [6.07, 6.45) is 3.85. The summed E-state index contributed by atoms with van der Waals surface area (Å²) in [5, 5.41) is 18.7. The Morgan fingerprint density at radius 2 is 1.93 bits per heavy atom. The van der Waals surface area contributed by atoms with Crippen LogP contribution in [0.3, 0.4) is 0 Å². The van der Waals surface area contributed by atoms with E-state index < -0.39 is 41.9 Å². The molecule has 1 aliphatic rings. The van der Waals surface area contributed by atoms with E-state index in [0.717, 1.165) is 12.8 Å². The van der Waals surface area contributed by atoms with E-state index in [2.05, 4.69) is 4.98 Å². The number of ether oxygens (including phenoxy) is 1. The normalized spacial score (nSPS) is 15.7. The van der Waals surface area contributed by atoms with Crippen LogP contribution in [0.2, 0.25) is 0 Å². The maximum atomic E-state index is 13.0. The molecule has 146 valence electrons. The number of carbonyl (C=O) groups is 4. The Morgan fingerprint density at radius 1 is 1.22 bits per heavy atom. The Labute approximate surface area is 156 Å². The highest BCUT2D eigenvalue weighted by Gasteiger charge is 2.52. The number of aliphatic carboxylic acids is 2. The van der Waals surface area contributed by atoms with E-state index in [-0.39, 0.29) is 18.4 Å². The van der Waals surface area contributed by atoms with Crippen LogP contribution >= 0.6 is 0 Å². The molecule has 0 amide bonds. The van der Waals surface area contributed by atoms with Crippen LogP contribution in [-0.2, 0) is 19.1 Å². The van der Waals surface area contributed by atoms with E-state index in [1.165, 1.54) is 18.5 Å². The summed E-state index contributed by atoms with van der Waals surface area (Å²) in [7, 11) is 0. The fraction of sp³-hybridized carbons (Fsp3) is 0.526. The van der Waals surface area contributed by atoms with Gasteiger partial charge in [0.25, 0.3) is 0 Å². The molecule has 1 atom stereocenters. The lowest BCUT2D eigenvalue weighted by molar-refractivity contribution is -0.154. The van der Waals surface area contributed by atoms with Crippen LogP contribution in [0.4, 0.5) is 0 Å². The quantitative estimate of drug-likeness (QED) is 0.417. The third kappa shape index (κ3) is 5.19. The Morgan fingerprint density at radius 3 is 2.48 bits per heavy atom. The largest absolute Gasteiger partial charge is 0.481 e. The summed E-state index contributed by atoms with van der Waals surface area (Å²) < 4.78 is 5.32. The molecule has 2 rings (SSSR count). The monoisotopic (exact) mass is 377 g/mol. The fourth-order valence-electron chi connectivity index (χ4n) is 2.86. The lowest BCUT2D eigenvalue weighted by Gasteiger charge is -2.26. The van der Waals surface area contributed by atoms with Gasteiger partial charge in [0.1, 0.15) is 6.61 Å². The van der Waals surface area contributed by atoms with Crippen molar-refractivity contribution in [1.82, 2.24) is 4.98 Å². The molecule has 1 unspecified atom stereocenters. The van der Waals surface area contributed by atoms with Crippen LogP contribution in [0.25, 0.3) is 0 Å². The predicted octanol–water partition coefficient (Wildman–Crippen LogP) is 1.89. The summed E-state index contributed by atoms with van der Waals surface area (Å²) in [5.41, 5.74) is -1.74. The molecule has 1 fully saturated rings. The molecule has 0 aromatic carbocycles. The van der Waals surface area contributed by atoms with Crippen LogP contribution in [0.15, 0.2) is 18.5 Å². The highest BCUT2D eigenvalue weighted by molar-refractivity contribution is 6.27. The first-order valence-electron chi connectivity index (χ1n) is 8.80. The van der Waals surface area contributed by atoms with Gasteiger partial charge in [-0.25, -0.2) is 0 Å². The van der Waals surface area contributed by atoms with Gasteiger partial charge >= 0.3 is 11.9 Å². The van der Waals surface area contributed by atoms with Crippen LogP contribution in [0, 0.1) is 18.3 Å². The molecule has 8 nitrogen and oxygen atoms in total. The predicted molar refractivity (Wildman–Crippen MR) is 93.4 cm³/mol. The number of hydrogen-bond donors (Lipinski definition) is 2. The van der Waals surface area contributed by atoms with Crippen LogP contribution in [0.5, 0.6) is 0 Å². The third-order valence-corrected chi connectivity index (χ3v) is 4.59. The molecule has 1 saturated carbocycles. The van der Waals surface area contributed by atoms with Crippen LogP contribution < -0.4 is 0 Å². The zero-order valence-electron chi connectivity index (χ0n) is 15.1. The number of rotatable bonds is 12. The molecule has 0 spiro atoms. The topological polar surface area (TPSA) is 131 Å². The summed E-state index contributed by atoms with van der Waals surface area (Å²) in [6.45, 7) is 1.54. The van der Waals surface area contributed by atoms with Gasteiger partial charge in [0.2, 0.25) is 0 Å². The number of aryl methyl sites for hydroxylation is 1. The van der Waals surface area contributed by atoms with Crippen molar-refractivity contribution in [2.75, 3.05) is 13.2 Å². The van der Waals surface area contributed by atoms with Crippen molar-refractivity contribution in [2.45, 2.75) is 39.0 Å². The van der Waals surface area contributed by atoms with Gasteiger partial charge in [-0.2, -0.15) is 0 Å². The van der Waals surface area contributed by atoms with Gasteiger partial charge in [0.15, 0.2) is 17.0 Å². The maximum absolute atomic E-state index is 13.0. The van der Waals surface area contributed by atoms with Gasteiger partial charge in [-0.1, -0.05) is 0 Å². The average molecular weight is 377 g/mol. The minimum absolute atomic E-state index is 0.00303. The minimum Gasteiger partial charge on any atom is -0.481 e. The molecule has 2 N–H and O–H groups in total. The van der Waals surface area contributed by atoms with Crippen LogP contribution in [0.1, 0.15) is 48.0 Å². The molecule has 0 saturated heterocycles. The molecular weight excluding hydrogens is 354 g/mol. The number of hydrogen-bond acceptors (Lipinski definition) is 6. The lowest BCUT2D eigenvalue weighted by Crippen LogP contribution is -2.48. The summed E-state index contributed by atoms with van der Waals surface area (Å²) in [6, 6.07) is 1.46. The Bertz CT molecular complexity index is 741. The number of pyridine rings is 1. The number of nitrogens with zero attached hydrogens (tertiary/aromatic N) is 1. The van der Waals surface area contributed by atoms with Gasteiger partial charge in [0.05, 0.1) is 0 Å². The summed E-state index contributed by atoms with van der Waals surface area (Å²) in [4.78, 5) is 52.6. The van der Waals surface area contributed by atoms with Crippen molar-refractivity contribution in [3.8, 4) is 0 Å². The molecule has 0 bridgehead atoms. The number of carbonyl (C=O) groups excluding carboxylic acids is 2. The first-order chi connectivity index (χ1) is 12.8. The van der Waals surface area contributed by atoms with E-state index in [1.54, 1.807) is 6.92 Å². The van der Waals surface area contributed by atoms with Gasteiger partial charge in [0, 0.05) is 31.0 Å². The van der Waals surface area contributed by atoms with Crippen molar-refractivity contribution in [1.29, 1.82) is 0 Å². The van der Waals surface area contributed by atoms with E-state index in [0.29, 0.717) is 18.1 Å². The Hall–Kier alpha value is -2.61. The van der Waals surface area contributed by atoms with Gasteiger partial charge in [-0.3, -0.25) is 24.2 Å². The first kappa shape index (κ1) is 20.7. The molecule has 27 heavy (non-hydrogen) atoms. The van der Waals surface area contributed by atoms with E-state index in [1.807, 2.05) is 0 Å². The van der Waals surface area contributed by atoms with Crippen LogP contribution in [-0.4, -0.2) is 51.9 Å².